The average molecular weight is 346 g/mol. The number of pyridine rings is 1. The van der Waals surface area contributed by atoms with Gasteiger partial charge in [0, 0.05) is 29.2 Å². The lowest BCUT2D eigenvalue weighted by Gasteiger charge is -2.16. The zero-order chi connectivity index (χ0) is 18.3. The van der Waals surface area contributed by atoms with Crippen LogP contribution >= 0.6 is 0 Å². The van der Waals surface area contributed by atoms with E-state index in [1.165, 1.54) is 4.90 Å². The summed E-state index contributed by atoms with van der Waals surface area (Å²) < 4.78 is 1.91. The second-order valence-electron chi connectivity index (χ2n) is 6.36. The van der Waals surface area contributed by atoms with Crippen molar-refractivity contribution in [1.82, 2.24) is 19.6 Å². The minimum atomic E-state index is -0.249. The maximum atomic E-state index is 12.4. The Hall–Kier alpha value is -3.41. The molecule has 0 fully saturated rings. The van der Waals surface area contributed by atoms with E-state index in [9.17, 15) is 9.59 Å². The number of amides is 2. The highest BCUT2D eigenvalue weighted by atomic mass is 16.2. The molecule has 26 heavy (non-hydrogen) atoms. The van der Waals surface area contributed by atoms with Crippen molar-refractivity contribution in [3.05, 3.63) is 77.8 Å². The van der Waals surface area contributed by atoms with Gasteiger partial charge in [-0.25, -0.2) is 4.98 Å². The van der Waals surface area contributed by atoms with Crippen LogP contribution in [0.4, 0.5) is 0 Å². The Morgan fingerprint density at radius 3 is 2.77 bits per heavy atom. The summed E-state index contributed by atoms with van der Waals surface area (Å²) in [6, 6.07) is 11.2. The molecule has 1 aliphatic rings. The van der Waals surface area contributed by atoms with Crippen LogP contribution in [-0.2, 0) is 11.3 Å². The zero-order valence-electron chi connectivity index (χ0n) is 14.4. The number of fused-ring (bicyclic) bond motifs is 2. The number of rotatable bonds is 4. The topological polar surface area (TPSA) is 66.7 Å². The van der Waals surface area contributed by atoms with Crippen molar-refractivity contribution in [2.45, 2.75) is 13.5 Å². The fraction of sp³-hybridized carbons (Fsp3) is 0.150. The number of nitrogens with zero attached hydrogens (tertiary/aromatic N) is 3. The van der Waals surface area contributed by atoms with Crippen LogP contribution in [0.5, 0.6) is 0 Å². The highest BCUT2D eigenvalue weighted by molar-refractivity contribution is 6.10. The summed E-state index contributed by atoms with van der Waals surface area (Å²) in [5, 5.41) is 2.82. The van der Waals surface area contributed by atoms with Gasteiger partial charge in [-0.15, -0.1) is 0 Å². The number of benzene rings is 1. The lowest BCUT2D eigenvalue weighted by atomic mass is 10.1. The molecule has 1 aromatic carbocycles. The molecule has 1 aliphatic heterocycles. The predicted octanol–water partition coefficient (Wildman–Crippen LogP) is 2.39. The fourth-order valence-corrected chi connectivity index (χ4v) is 3.11. The van der Waals surface area contributed by atoms with E-state index in [2.05, 4.69) is 16.9 Å². The van der Waals surface area contributed by atoms with Gasteiger partial charge in [0.2, 0.25) is 5.91 Å². The van der Waals surface area contributed by atoms with Crippen LogP contribution < -0.4 is 5.32 Å². The summed E-state index contributed by atoms with van der Waals surface area (Å²) >= 11 is 0. The molecular formula is C20H18N4O2. The summed E-state index contributed by atoms with van der Waals surface area (Å²) in [6.07, 6.45) is 3.82. The summed E-state index contributed by atoms with van der Waals surface area (Å²) in [6.45, 7) is 6.20. The Morgan fingerprint density at radius 2 is 2.00 bits per heavy atom. The van der Waals surface area contributed by atoms with Gasteiger partial charge in [-0.2, -0.15) is 0 Å². The number of hydrogen-bond donors (Lipinski definition) is 1. The molecule has 6 nitrogen and oxygen atoms in total. The molecular weight excluding hydrogens is 328 g/mol. The third-order valence-corrected chi connectivity index (χ3v) is 4.47. The zero-order valence-corrected chi connectivity index (χ0v) is 14.4. The standard InChI is InChI=1S/C20H18N4O2/c1-13-7-8-23-11-15(22-18(23)9-13)10-21-19(25)12-24-14(2)16-5-3-4-6-17(16)20(24)26/h3-9,11H,2,10,12H2,1H3,(H,21,25). The monoisotopic (exact) mass is 346 g/mol. The highest BCUT2D eigenvalue weighted by Gasteiger charge is 2.31. The molecule has 0 unspecified atom stereocenters. The first-order chi connectivity index (χ1) is 12.5. The van der Waals surface area contributed by atoms with Gasteiger partial charge < -0.3 is 9.72 Å². The van der Waals surface area contributed by atoms with Gasteiger partial charge >= 0.3 is 0 Å². The maximum absolute atomic E-state index is 12.4. The van der Waals surface area contributed by atoms with E-state index in [-0.39, 0.29) is 18.4 Å². The van der Waals surface area contributed by atoms with Gasteiger partial charge in [0.05, 0.1) is 12.2 Å². The molecule has 3 aromatic rings. The van der Waals surface area contributed by atoms with E-state index in [1.54, 1.807) is 12.1 Å². The average Bonchev–Trinajstić information content (AvgIpc) is 3.14. The third kappa shape index (κ3) is 2.75. The normalized spacial score (nSPS) is 13.3. The van der Waals surface area contributed by atoms with E-state index in [4.69, 9.17) is 0 Å². The summed E-state index contributed by atoms with van der Waals surface area (Å²) in [4.78, 5) is 30.6. The Bertz CT molecular complexity index is 1020. The van der Waals surface area contributed by atoms with Crippen LogP contribution in [-0.4, -0.2) is 32.6 Å². The van der Waals surface area contributed by atoms with Crippen molar-refractivity contribution >= 4 is 23.2 Å². The Morgan fingerprint density at radius 1 is 1.23 bits per heavy atom. The number of imidazole rings is 1. The molecule has 4 rings (SSSR count). The van der Waals surface area contributed by atoms with E-state index in [0.717, 1.165) is 22.5 Å². The first-order valence-electron chi connectivity index (χ1n) is 8.34. The van der Waals surface area contributed by atoms with E-state index < -0.39 is 0 Å². The Kier molecular flexibility index (Phi) is 3.80. The Balaban J connectivity index is 1.41. The van der Waals surface area contributed by atoms with Gasteiger partial charge in [0.1, 0.15) is 12.2 Å². The fourth-order valence-electron chi connectivity index (χ4n) is 3.11. The third-order valence-electron chi connectivity index (χ3n) is 4.47. The summed E-state index contributed by atoms with van der Waals surface area (Å²) in [7, 11) is 0. The summed E-state index contributed by atoms with van der Waals surface area (Å²) in [5.41, 5.74) is 4.65. The SMILES string of the molecule is C=C1c2ccccc2C(=O)N1CC(=O)NCc1cn2ccc(C)cc2n1. The van der Waals surface area contributed by atoms with Crippen molar-refractivity contribution in [3.8, 4) is 0 Å². The number of carbonyl (C=O) groups excluding carboxylic acids is 2. The smallest absolute Gasteiger partial charge is 0.259 e. The van der Waals surface area contributed by atoms with E-state index >= 15 is 0 Å². The van der Waals surface area contributed by atoms with Gasteiger partial charge in [-0.3, -0.25) is 14.5 Å². The number of hydrogen-bond acceptors (Lipinski definition) is 3. The summed E-state index contributed by atoms with van der Waals surface area (Å²) in [5.74, 6) is -0.440. The molecule has 1 N–H and O–H groups in total. The van der Waals surface area contributed by atoms with Crippen molar-refractivity contribution in [2.24, 2.45) is 0 Å². The first-order valence-corrected chi connectivity index (χ1v) is 8.34. The molecule has 0 radical (unpaired) electrons. The van der Waals surface area contributed by atoms with Crippen LogP contribution in [0.15, 0.2) is 55.4 Å². The number of nitrogens with one attached hydrogen (secondary N) is 1. The van der Waals surface area contributed by atoms with Crippen molar-refractivity contribution in [2.75, 3.05) is 6.54 Å². The van der Waals surface area contributed by atoms with Gasteiger partial charge in [0.15, 0.2) is 0 Å². The lowest BCUT2D eigenvalue weighted by molar-refractivity contribution is -0.121. The molecule has 0 saturated heterocycles. The largest absolute Gasteiger partial charge is 0.349 e. The van der Waals surface area contributed by atoms with Gasteiger partial charge in [-0.05, 0) is 30.7 Å². The predicted molar refractivity (Wildman–Crippen MR) is 98.3 cm³/mol. The second kappa shape index (κ2) is 6.15. The van der Waals surface area contributed by atoms with Crippen LogP contribution in [0.25, 0.3) is 11.3 Å². The highest BCUT2D eigenvalue weighted by Crippen LogP contribution is 2.30. The van der Waals surface area contributed by atoms with Gasteiger partial charge in [0.25, 0.3) is 5.91 Å². The van der Waals surface area contributed by atoms with E-state index in [1.807, 2.05) is 48.0 Å². The lowest BCUT2D eigenvalue weighted by Crippen LogP contribution is -2.36. The molecule has 0 atom stereocenters. The minimum Gasteiger partial charge on any atom is -0.349 e. The minimum absolute atomic E-state index is 0.0567. The molecule has 130 valence electrons. The molecule has 6 heteroatoms. The van der Waals surface area contributed by atoms with Crippen molar-refractivity contribution in [3.63, 3.8) is 0 Å². The van der Waals surface area contributed by atoms with Crippen molar-refractivity contribution in [1.29, 1.82) is 0 Å². The molecule has 0 bridgehead atoms. The second-order valence-corrected chi connectivity index (χ2v) is 6.36. The van der Waals surface area contributed by atoms with Crippen LogP contribution in [0.2, 0.25) is 0 Å². The first kappa shape index (κ1) is 16.1. The maximum Gasteiger partial charge on any atom is 0.259 e. The number of aromatic nitrogens is 2. The molecule has 2 aromatic heterocycles. The number of carbonyl (C=O) groups is 2. The quantitative estimate of drug-likeness (QED) is 0.789. The molecule has 0 spiro atoms. The van der Waals surface area contributed by atoms with Gasteiger partial charge in [-0.1, -0.05) is 24.8 Å². The molecule has 0 aliphatic carbocycles. The molecule has 2 amide bonds. The number of aryl methyl sites for hydroxylation is 1. The molecule has 0 saturated carbocycles. The molecule has 3 heterocycles. The Labute approximate surface area is 150 Å². The van der Waals surface area contributed by atoms with Crippen LogP contribution in [0.1, 0.15) is 27.2 Å². The van der Waals surface area contributed by atoms with Crippen LogP contribution in [0, 0.1) is 6.92 Å². The van der Waals surface area contributed by atoms with Crippen LogP contribution in [0.3, 0.4) is 0 Å². The van der Waals surface area contributed by atoms with Crippen molar-refractivity contribution < 1.29 is 9.59 Å². The van der Waals surface area contributed by atoms with E-state index in [0.29, 0.717) is 17.8 Å².